The molecule has 0 bridgehead atoms. The standard InChI is InChI=1S/C20H17N3S/c1-14(15-7-3-2-4-8-15)21-20-18-10-6-5-9-17(18)19(22-23-20)16-11-12-24-13-16/h2-14H,1H3,(H,21,23). The Morgan fingerprint density at radius 2 is 1.62 bits per heavy atom. The molecule has 1 N–H and O–H groups in total. The van der Waals surface area contributed by atoms with E-state index in [0.717, 1.165) is 27.8 Å². The lowest BCUT2D eigenvalue weighted by atomic mass is 10.1. The fraction of sp³-hybridized carbons (Fsp3) is 0.100. The number of hydrogen-bond donors (Lipinski definition) is 1. The summed E-state index contributed by atoms with van der Waals surface area (Å²) in [5, 5.41) is 18.8. The van der Waals surface area contributed by atoms with E-state index in [4.69, 9.17) is 0 Å². The molecule has 0 spiro atoms. The van der Waals surface area contributed by atoms with Crippen LogP contribution in [-0.2, 0) is 0 Å². The lowest BCUT2D eigenvalue weighted by molar-refractivity contribution is 0.866. The lowest BCUT2D eigenvalue weighted by Crippen LogP contribution is -2.09. The highest BCUT2D eigenvalue weighted by atomic mass is 32.1. The number of nitrogens with one attached hydrogen (secondary N) is 1. The molecular weight excluding hydrogens is 314 g/mol. The zero-order valence-corrected chi connectivity index (χ0v) is 14.1. The highest BCUT2D eigenvalue weighted by Gasteiger charge is 2.13. The van der Waals surface area contributed by atoms with Crippen molar-refractivity contribution >= 4 is 27.9 Å². The van der Waals surface area contributed by atoms with Gasteiger partial charge in [0.05, 0.1) is 6.04 Å². The number of rotatable bonds is 4. The summed E-state index contributed by atoms with van der Waals surface area (Å²) in [6.07, 6.45) is 0. The first-order valence-electron chi connectivity index (χ1n) is 7.92. The smallest absolute Gasteiger partial charge is 0.157 e. The molecule has 1 unspecified atom stereocenters. The van der Waals surface area contributed by atoms with Gasteiger partial charge in [0.2, 0.25) is 0 Å². The van der Waals surface area contributed by atoms with Crippen LogP contribution in [0.1, 0.15) is 18.5 Å². The van der Waals surface area contributed by atoms with Gasteiger partial charge in [0.25, 0.3) is 0 Å². The monoisotopic (exact) mass is 331 g/mol. The Morgan fingerprint density at radius 3 is 2.38 bits per heavy atom. The Hall–Kier alpha value is -2.72. The Balaban J connectivity index is 1.76. The molecule has 2 aromatic heterocycles. The summed E-state index contributed by atoms with van der Waals surface area (Å²) >= 11 is 1.67. The number of benzene rings is 2. The van der Waals surface area contributed by atoms with Crippen LogP contribution in [0.15, 0.2) is 71.4 Å². The van der Waals surface area contributed by atoms with E-state index in [0.29, 0.717) is 0 Å². The normalized spacial score (nSPS) is 12.2. The van der Waals surface area contributed by atoms with Gasteiger partial charge in [0.15, 0.2) is 5.82 Å². The second kappa shape index (κ2) is 6.42. The maximum absolute atomic E-state index is 4.49. The average molecular weight is 331 g/mol. The fourth-order valence-corrected chi connectivity index (χ4v) is 3.49. The molecule has 0 aliphatic rings. The summed E-state index contributed by atoms with van der Waals surface area (Å²) < 4.78 is 0. The van der Waals surface area contributed by atoms with Crippen molar-refractivity contribution in [2.75, 3.05) is 5.32 Å². The first-order chi connectivity index (χ1) is 11.8. The van der Waals surface area contributed by atoms with E-state index in [1.165, 1.54) is 5.56 Å². The number of nitrogens with zero attached hydrogens (tertiary/aromatic N) is 2. The van der Waals surface area contributed by atoms with Gasteiger partial charge in [-0.1, -0.05) is 54.6 Å². The van der Waals surface area contributed by atoms with Crippen molar-refractivity contribution < 1.29 is 0 Å². The van der Waals surface area contributed by atoms with Gasteiger partial charge >= 0.3 is 0 Å². The Kier molecular flexibility index (Phi) is 3.97. The minimum absolute atomic E-state index is 0.163. The summed E-state index contributed by atoms with van der Waals surface area (Å²) in [6.45, 7) is 2.14. The van der Waals surface area contributed by atoms with E-state index in [9.17, 15) is 0 Å². The maximum Gasteiger partial charge on any atom is 0.157 e. The van der Waals surface area contributed by atoms with E-state index in [-0.39, 0.29) is 6.04 Å². The highest BCUT2D eigenvalue weighted by Crippen LogP contribution is 2.32. The molecule has 0 saturated heterocycles. The van der Waals surface area contributed by atoms with E-state index in [2.05, 4.69) is 75.7 Å². The SMILES string of the molecule is CC(Nc1nnc(-c2ccsc2)c2ccccc12)c1ccccc1. The van der Waals surface area contributed by atoms with Crippen LogP contribution in [0.5, 0.6) is 0 Å². The average Bonchev–Trinajstić information content (AvgIpc) is 3.17. The second-order valence-corrected chi connectivity index (χ2v) is 6.51. The van der Waals surface area contributed by atoms with E-state index >= 15 is 0 Å². The van der Waals surface area contributed by atoms with Crippen molar-refractivity contribution in [3.8, 4) is 11.3 Å². The molecule has 4 heteroatoms. The molecule has 1 atom stereocenters. The second-order valence-electron chi connectivity index (χ2n) is 5.73. The number of anilines is 1. The van der Waals surface area contributed by atoms with E-state index < -0.39 is 0 Å². The molecule has 3 nitrogen and oxygen atoms in total. The third-order valence-corrected chi connectivity index (χ3v) is 4.82. The number of fused-ring (bicyclic) bond motifs is 1. The van der Waals surface area contributed by atoms with Crippen LogP contribution in [0.25, 0.3) is 22.0 Å². The van der Waals surface area contributed by atoms with Crippen LogP contribution in [0, 0.1) is 0 Å². The van der Waals surface area contributed by atoms with Gasteiger partial charge in [-0.25, -0.2) is 0 Å². The van der Waals surface area contributed by atoms with Crippen LogP contribution in [0.4, 0.5) is 5.82 Å². The van der Waals surface area contributed by atoms with Gasteiger partial charge < -0.3 is 5.32 Å². The topological polar surface area (TPSA) is 37.8 Å². The molecule has 0 fully saturated rings. The van der Waals surface area contributed by atoms with Crippen LogP contribution in [-0.4, -0.2) is 10.2 Å². The van der Waals surface area contributed by atoms with Crippen LogP contribution >= 0.6 is 11.3 Å². The van der Waals surface area contributed by atoms with E-state index in [1.54, 1.807) is 11.3 Å². The molecule has 0 saturated carbocycles. The minimum Gasteiger partial charge on any atom is -0.362 e. The molecular formula is C20H17N3S. The van der Waals surface area contributed by atoms with E-state index in [1.807, 2.05) is 18.2 Å². The molecule has 0 radical (unpaired) electrons. The number of aromatic nitrogens is 2. The predicted octanol–water partition coefficient (Wildman–Crippen LogP) is 5.53. The van der Waals surface area contributed by atoms with Crippen molar-refractivity contribution in [2.24, 2.45) is 0 Å². The van der Waals surface area contributed by atoms with Crippen LogP contribution < -0.4 is 5.32 Å². The largest absolute Gasteiger partial charge is 0.362 e. The summed E-state index contributed by atoms with van der Waals surface area (Å²) in [7, 11) is 0. The van der Waals surface area contributed by atoms with Crippen LogP contribution in [0.3, 0.4) is 0 Å². The van der Waals surface area contributed by atoms with Gasteiger partial charge in [-0.05, 0) is 23.9 Å². The number of hydrogen-bond acceptors (Lipinski definition) is 4. The Morgan fingerprint density at radius 1 is 0.875 bits per heavy atom. The lowest BCUT2D eigenvalue weighted by Gasteiger charge is -2.16. The van der Waals surface area contributed by atoms with Crippen molar-refractivity contribution in [1.82, 2.24) is 10.2 Å². The third-order valence-electron chi connectivity index (χ3n) is 4.13. The third kappa shape index (κ3) is 2.76. The zero-order valence-electron chi connectivity index (χ0n) is 13.3. The summed E-state index contributed by atoms with van der Waals surface area (Å²) in [5.41, 5.74) is 3.28. The van der Waals surface area contributed by atoms with Crippen LogP contribution in [0.2, 0.25) is 0 Å². The highest BCUT2D eigenvalue weighted by molar-refractivity contribution is 7.08. The first-order valence-corrected chi connectivity index (χ1v) is 8.86. The van der Waals surface area contributed by atoms with Crippen molar-refractivity contribution in [3.63, 3.8) is 0 Å². The molecule has 0 amide bonds. The molecule has 24 heavy (non-hydrogen) atoms. The Bertz CT molecular complexity index is 949. The van der Waals surface area contributed by atoms with Gasteiger partial charge in [-0.2, -0.15) is 11.3 Å². The van der Waals surface area contributed by atoms with Crippen molar-refractivity contribution in [2.45, 2.75) is 13.0 Å². The Labute approximate surface area is 145 Å². The van der Waals surface area contributed by atoms with Gasteiger partial charge in [-0.15, -0.1) is 10.2 Å². The summed E-state index contributed by atoms with van der Waals surface area (Å²) in [5.74, 6) is 0.820. The predicted molar refractivity (Wildman–Crippen MR) is 101 cm³/mol. The molecule has 2 heterocycles. The first kappa shape index (κ1) is 14.8. The molecule has 0 aliphatic heterocycles. The zero-order chi connectivity index (χ0) is 16.4. The molecule has 4 rings (SSSR count). The summed E-state index contributed by atoms with van der Waals surface area (Å²) in [6, 6.07) is 20.9. The number of thiophene rings is 1. The maximum atomic E-state index is 4.49. The summed E-state index contributed by atoms with van der Waals surface area (Å²) in [4.78, 5) is 0. The van der Waals surface area contributed by atoms with Crippen molar-refractivity contribution in [3.05, 3.63) is 77.0 Å². The molecule has 0 aliphatic carbocycles. The van der Waals surface area contributed by atoms with Crippen molar-refractivity contribution in [1.29, 1.82) is 0 Å². The molecule has 2 aromatic carbocycles. The quantitative estimate of drug-likeness (QED) is 0.534. The minimum atomic E-state index is 0.163. The fourth-order valence-electron chi connectivity index (χ4n) is 2.85. The molecule has 4 aromatic rings. The molecule has 118 valence electrons. The van der Waals surface area contributed by atoms with Gasteiger partial charge in [-0.3, -0.25) is 0 Å². The van der Waals surface area contributed by atoms with Gasteiger partial charge in [0, 0.05) is 21.7 Å². The van der Waals surface area contributed by atoms with Gasteiger partial charge in [0.1, 0.15) is 5.69 Å².